The lowest BCUT2D eigenvalue weighted by Gasteiger charge is -2.22. The molecule has 2 atom stereocenters. The van der Waals surface area contributed by atoms with Crippen LogP contribution in [0.15, 0.2) is 36.4 Å². The minimum atomic E-state index is 0.0623. The van der Waals surface area contributed by atoms with E-state index in [1.165, 1.54) is 70.6 Å². The topological polar surface area (TPSA) is 49.3 Å². The Morgan fingerprint density at radius 2 is 1.41 bits per heavy atom. The Balaban J connectivity index is 1.44. The zero-order valence-electron chi connectivity index (χ0n) is 18.4. The third kappa shape index (κ3) is 10.5. The number of amides is 1. The van der Waals surface area contributed by atoms with Gasteiger partial charge in [0.25, 0.3) is 0 Å². The number of nitrogens with one attached hydrogen (secondary N) is 1. The Labute approximate surface area is 178 Å². The molecule has 0 saturated heterocycles. The summed E-state index contributed by atoms with van der Waals surface area (Å²) in [6, 6.07) is 6.62. The van der Waals surface area contributed by atoms with E-state index in [4.69, 9.17) is 0 Å². The van der Waals surface area contributed by atoms with E-state index in [0.29, 0.717) is 6.42 Å². The molecule has 3 heteroatoms. The van der Waals surface area contributed by atoms with E-state index in [0.717, 1.165) is 30.4 Å². The zero-order chi connectivity index (χ0) is 20.7. The van der Waals surface area contributed by atoms with Crippen LogP contribution in [-0.4, -0.2) is 11.0 Å². The molecule has 0 bridgehead atoms. The number of benzene rings is 1. The van der Waals surface area contributed by atoms with Crippen molar-refractivity contribution in [1.29, 1.82) is 0 Å². The van der Waals surface area contributed by atoms with Crippen molar-refractivity contribution in [1.82, 2.24) is 0 Å². The fraction of sp³-hybridized carbons (Fsp3) is 0.654. The highest BCUT2D eigenvalue weighted by molar-refractivity contribution is 5.90. The summed E-state index contributed by atoms with van der Waals surface area (Å²) in [7, 11) is 0. The summed E-state index contributed by atoms with van der Waals surface area (Å²) in [5.74, 6) is 1.93. The molecule has 0 saturated carbocycles. The molecule has 0 fully saturated rings. The molecule has 0 heterocycles. The summed E-state index contributed by atoms with van der Waals surface area (Å²) in [5, 5.41) is 12.1. The third-order valence-electron chi connectivity index (χ3n) is 6.12. The van der Waals surface area contributed by atoms with Gasteiger partial charge in [0.05, 0.1) is 0 Å². The molecular formula is C26H41NO2. The second kappa shape index (κ2) is 14.3. The maximum atomic E-state index is 11.9. The van der Waals surface area contributed by atoms with E-state index in [1.807, 2.05) is 0 Å². The van der Waals surface area contributed by atoms with Crippen LogP contribution in [0.25, 0.3) is 0 Å². The molecule has 2 unspecified atom stereocenters. The summed E-state index contributed by atoms with van der Waals surface area (Å²) >= 11 is 0. The highest BCUT2D eigenvalue weighted by Gasteiger charge is 2.15. The van der Waals surface area contributed by atoms with E-state index < -0.39 is 0 Å². The fourth-order valence-corrected chi connectivity index (χ4v) is 4.24. The fourth-order valence-electron chi connectivity index (χ4n) is 4.24. The van der Waals surface area contributed by atoms with Crippen molar-refractivity contribution >= 4 is 11.6 Å². The zero-order valence-corrected chi connectivity index (χ0v) is 18.4. The van der Waals surface area contributed by atoms with Crippen molar-refractivity contribution < 1.29 is 9.90 Å². The molecule has 0 radical (unpaired) electrons. The van der Waals surface area contributed by atoms with Crippen molar-refractivity contribution in [3.63, 3.8) is 0 Å². The molecule has 162 valence electrons. The lowest BCUT2D eigenvalue weighted by molar-refractivity contribution is -0.116. The number of hydrogen-bond donors (Lipinski definition) is 2. The molecule has 0 aliphatic heterocycles. The van der Waals surface area contributed by atoms with Gasteiger partial charge in [-0.25, -0.2) is 0 Å². The van der Waals surface area contributed by atoms with E-state index in [9.17, 15) is 9.90 Å². The summed E-state index contributed by atoms with van der Waals surface area (Å²) in [4.78, 5) is 11.9. The summed E-state index contributed by atoms with van der Waals surface area (Å²) < 4.78 is 0. The number of allylic oxidation sites excluding steroid dienone is 2. The van der Waals surface area contributed by atoms with Crippen LogP contribution in [0.4, 0.5) is 5.69 Å². The van der Waals surface area contributed by atoms with E-state index in [2.05, 4.69) is 24.4 Å². The first-order valence-electron chi connectivity index (χ1n) is 11.9. The van der Waals surface area contributed by atoms with Gasteiger partial charge < -0.3 is 10.4 Å². The number of carbonyl (C=O) groups is 1. The second-order valence-electron chi connectivity index (χ2n) is 8.73. The maximum absolute atomic E-state index is 11.9. The van der Waals surface area contributed by atoms with Gasteiger partial charge in [0.1, 0.15) is 5.75 Å². The minimum absolute atomic E-state index is 0.0623. The molecule has 0 aromatic heterocycles. The number of phenols is 1. The second-order valence-corrected chi connectivity index (χ2v) is 8.73. The van der Waals surface area contributed by atoms with Gasteiger partial charge in [-0.2, -0.15) is 0 Å². The quantitative estimate of drug-likeness (QED) is 0.192. The van der Waals surface area contributed by atoms with Gasteiger partial charge in [0.15, 0.2) is 0 Å². The molecule has 1 amide bonds. The Morgan fingerprint density at radius 3 is 2.00 bits per heavy atom. The molecule has 1 aromatic carbocycles. The van der Waals surface area contributed by atoms with Crippen LogP contribution in [-0.2, 0) is 4.79 Å². The van der Waals surface area contributed by atoms with Gasteiger partial charge in [-0.3, -0.25) is 4.79 Å². The van der Waals surface area contributed by atoms with Crippen LogP contribution >= 0.6 is 0 Å². The molecule has 2 rings (SSSR count). The van der Waals surface area contributed by atoms with Gasteiger partial charge in [0.2, 0.25) is 5.91 Å². The number of hydrogen-bond acceptors (Lipinski definition) is 2. The van der Waals surface area contributed by atoms with Crippen LogP contribution in [0.1, 0.15) is 96.8 Å². The van der Waals surface area contributed by atoms with Crippen molar-refractivity contribution in [3.8, 4) is 5.75 Å². The Hall–Kier alpha value is -1.77. The SMILES string of the molecule is CCCCCCC1C=CC(CCCCCCCC(=O)Nc2ccc(O)cc2)CC1. The molecule has 3 nitrogen and oxygen atoms in total. The predicted molar refractivity (Wildman–Crippen MR) is 123 cm³/mol. The monoisotopic (exact) mass is 399 g/mol. The van der Waals surface area contributed by atoms with Crippen molar-refractivity contribution in [2.45, 2.75) is 96.8 Å². The molecule has 29 heavy (non-hydrogen) atoms. The lowest BCUT2D eigenvalue weighted by atomic mass is 9.83. The predicted octanol–water partition coefficient (Wildman–Crippen LogP) is 7.61. The van der Waals surface area contributed by atoms with Gasteiger partial charge >= 0.3 is 0 Å². The lowest BCUT2D eigenvalue weighted by Crippen LogP contribution is -2.10. The minimum Gasteiger partial charge on any atom is -0.508 e. The smallest absolute Gasteiger partial charge is 0.224 e. The number of rotatable bonds is 14. The van der Waals surface area contributed by atoms with Crippen LogP contribution in [0, 0.1) is 11.8 Å². The van der Waals surface area contributed by atoms with Gasteiger partial charge in [-0.05, 0) is 68.2 Å². The molecule has 0 spiro atoms. The number of aromatic hydroxyl groups is 1. The third-order valence-corrected chi connectivity index (χ3v) is 6.12. The first-order valence-corrected chi connectivity index (χ1v) is 11.9. The molecule has 1 aliphatic carbocycles. The van der Waals surface area contributed by atoms with E-state index >= 15 is 0 Å². The maximum Gasteiger partial charge on any atom is 0.224 e. The average Bonchev–Trinajstić information content (AvgIpc) is 2.73. The summed E-state index contributed by atoms with van der Waals surface area (Å²) in [6.07, 6.45) is 22.5. The van der Waals surface area contributed by atoms with E-state index in [1.54, 1.807) is 24.3 Å². The highest BCUT2D eigenvalue weighted by Crippen LogP contribution is 2.29. The normalized spacial score (nSPS) is 18.7. The molecule has 1 aliphatic rings. The number of carbonyl (C=O) groups excluding carboxylic acids is 1. The largest absolute Gasteiger partial charge is 0.508 e. The Morgan fingerprint density at radius 1 is 0.862 bits per heavy atom. The number of anilines is 1. The van der Waals surface area contributed by atoms with Crippen molar-refractivity contribution in [3.05, 3.63) is 36.4 Å². The number of phenolic OH excluding ortho intramolecular Hbond substituents is 1. The van der Waals surface area contributed by atoms with Crippen molar-refractivity contribution in [2.75, 3.05) is 5.32 Å². The van der Waals surface area contributed by atoms with Gasteiger partial charge in [0, 0.05) is 12.1 Å². The average molecular weight is 400 g/mol. The Kier molecular flexibility index (Phi) is 11.6. The number of unbranched alkanes of at least 4 members (excludes halogenated alkanes) is 7. The molecule has 1 aromatic rings. The first-order chi connectivity index (χ1) is 14.2. The summed E-state index contributed by atoms with van der Waals surface area (Å²) in [6.45, 7) is 2.28. The first kappa shape index (κ1) is 23.5. The molecule has 2 N–H and O–H groups in total. The highest BCUT2D eigenvalue weighted by atomic mass is 16.3. The van der Waals surface area contributed by atoms with E-state index in [-0.39, 0.29) is 11.7 Å². The van der Waals surface area contributed by atoms with Crippen molar-refractivity contribution in [2.24, 2.45) is 11.8 Å². The van der Waals surface area contributed by atoms with Gasteiger partial charge in [-0.15, -0.1) is 0 Å². The van der Waals surface area contributed by atoms with Crippen LogP contribution in [0.2, 0.25) is 0 Å². The Bertz CT molecular complexity index is 593. The van der Waals surface area contributed by atoms with Crippen LogP contribution in [0.5, 0.6) is 5.75 Å². The molecular weight excluding hydrogens is 358 g/mol. The van der Waals surface area contributed by atoms with Crippen LogP contribution < -0.4 is 5.32 Å². The summed E-state index contributed by atoms with van der Waals surface area (Å²) in [5.41, 5.74) is 0.747. The standard InChI is InChI=1S/C26H41NO2/c1-2-3-4-8-11-22-14-16-23(17-15-22)12-9-6-5-7-10-13-26(29)27-24-18-20-25(28)21-19-24/h14,16,18-23,28H,2-13,15,17H2,1H3,(H,27,29). The van der Waals surface area contributed by atoms with Gasteiger partial charge in [-0.1, -0.05) is 70.4 Å². The van der Waals surface area contributed by atoms with Crippen LogP contribution in [0.3, 0.4) is 0 Å².